The van der Waals surface area contributed by atoms with Gasteiger partial charge in [-0.25, -0.2) is 0 Å². The van der Waals surface area contributed by atoms with E-state index in [0.29, 0.717) is 19.6 Å². The standard InChI is InChI=1S/C10H14O5/c11-9-4-7(10(12)15-9)2-1-3-13-5-8-6-14-8/h7-8H,1-6H2. The lowest BCUT2D eigenvalue weighted by atomic mass is 10.0. The number of carbonyl (C=O) groups is 2. The molecule has 0 saturated carbocycles. The number of esters is 2. The number of ether oxygens (including phenoxy) is 3. The van der Waals surface area contributed by atoms with Gasteiger partial charge in [-0.3, -0.25) is 9.59 Å². The van der Waals surface area contributed by atoms with Crippen molar-refractivity contribution >= 4 is 11.9 Å². The van der Waals surface area contributed by atoms with E-state index in [1.807, 2.05) is 0 Å². The summed E-state index contributed by atoms with van der Waals surface area (Å²) in [6.45, 7) is 2.04. The van der Waals surface area contributed by atoms with Crippen molar-refractivity contribution in [2.75, 3.05) is 19.8 Å². The zero-order chi connectivity index (χ0) is 10.7. The summed E-state index contributed by atoms with van der Waals surface area (Å²) in [7, 11) is 0. The first-order valence-corrected chi connectivity index (χ1v) is 5.19. The second kappa shape index (κ2) is 4.72. The lowest BCUT2D eigenvalue weighted by molar-refractivity contribution is -0.153. The van der Waals surface area contributed by atoms with Crippen LogP contribution in [0.25, 0.3) is 0 Å². The molecule has 0 N–H and O–H groups in total. The molecule has 0 bridgehead atoms. The lowest BCUT2D eigenvalue weighted by Crippen LogP contribution is -2.09. The molecule has 2 aliphatic rings. The van der Waals surface area contributed by atoms with E-state index in [0.717, 1.165) is 13.0 Å². The Morgan fingerprint density at radius 2 is 2.20 bits per heavy atom. The van der Waals surface area contributed by atoms with E-state index in [1.54, 1.807) is 0 Å². The number of hydrogen-bond donors (Lipinski definition) is 0. The van der Waals surface area contributed by atoms with E-state index in [4.69, 9.17) is 9.47 Å². The highest BCUT2D eigenvalue weighted by molar-refractivity contribution is 5.94. The average Bonchev–Trinajstić information content (AvgIpc) is 2.94. The van der Waals surface area contributed by atoms with Crippen molar-refractivity contribution in [3.8, 4) is 0 Å². The van der Waals surface area contributed by atoms with Crippen LogP contribution in [-0.2, 0) is 23.8 Å². The Labute approximate surface area is 87.7 Å². The van der Waals surface area contributed by atoms with Crippen LogP contribution in [0, 0.1) is 5.92 Å². The minimum Gasteiger partial charge on any atom is -0.393 e. The van der Waals surface area contributed by atoms with Gasteiger partial charge in [0.15, 0.2) is 0 Å². The molecule has 2 atom stereocenters. The molecule has 2 rings (SSSR count). The number of epoxide rings is 1. The highest BCUT2D eigenvalue weighted by atomic mass is 16.6. The molecule has 2 unspecified atom stereocenters. The Kier molecular flexibility index (Phi) is 3.33. The lowest BCUT2D eigenvalue weighted by Gasteiger charge is -2.04. The van der Waals surface area contributed by atoms with Crippen molar-refractivity contribution < 1.29 is 23.8 Å². The van der Waals surface area contributed by atoms with Crippen molar-refractivity contribution in [2.45, 2.75) is 25.4 Å². The summed E-state index contributed by atoms with van der Waals surface area (Å²) in [6, 6.07) is 0. The molecule has 0 aromatic carbocycles. The average molecular weight is 214 g/mol. The van der Waals surface area contributed by atoms with Gasteiger partial charge in [-0.05, 0) is 12.8 Å². The molecule has 0 amide bonds. The van der Waals surface area contributed by atoms with Crippen LogP contribution >= 0.6 is 0 Å². The van der Waals surface area contributed by atoms with Crippen LogP contribution in [-0.4, -0.2) is 37.9 Å². The highest BCUT2D eigenvalue weighted by Gasteiger charge is 2.32. The highest BCUT2D eigenvalue weighted by Crippen LogP contribution is 2.20. The fourth-order valence-electron chi connectivity index (χ4n) is 1.55. The topological polar surface area (TPSA) is 65.1 Å². The van der Waals surface area contributed by atoms with Crippen molar-refractivity contribution in [3.05, 3.63) is 0 Å². The van der Waals surface area contributed by atoms with Crippen molar-refractivity contribution in [1.82, 2.24) is 0 Å². The van der Waals surface area contributed by atoms with Crippen LogP contribution in [0.1, 0.15) is 19.3 Å². The predicted octanol–water partition coefficient (Wildman–Crippen LogP) is 0.272. The van der Waals surface area contributed by atoms with Crippen LogP contribution in [0.5, 0.6) is 0 Å². The van der Waals surface area contributed by atoms with Crippen molar-refractivity contribution in [3.63, 3.8) is 0 Å². The first-order chi connectivity index (χ1) is 7.25. The number of hydrogen-bond acceptors (Lipinski definition) is 5. The minimum atomic E-state index is -0.405. The van der Waals surface area contributed by atoms with E-state index in [2.05, 4.69) is 4.74 Å². The molecule has 2 aliphatic heterocycles. The Hall–Kier alpha value is -0.940. The smallest absolute Gasteiger partial charge is 0.317 e. The first-order valence-electron chi connectivity index (χ1n) is 5.19. The van der Waals surface area contributed by atoms with Crippen molar-refractivity contribution in [2.24, 2.45) is 5.92 Å². The maximum atomic E-state index is 11.1. The quantitative estimate of drug-likeness (QED) is 0.275. The summed E-state index contributed by atoms with van der Waals surface area (Å²) in [5.41, 5.74) is 0. The zero-order valence-electron chi connectivity index (χ0n) is 8.44. The number of carbonyl (C=O) groups excluding carboxylic acids is 2. The van der Waals surface area contributed by atoms with E-state index >= 15 is 0 Å². The van der Waals surface area contributed by atoms with E-state index in [1.165, 1.54) is 0 Å². The van der Waals surface area contributed by atoms with Crippen molar-refractivity contribution in [1.29, 1.82) is 0 Å². The molecular formula is C10H14O5. The molecule has 15 heavy (non-hydrogen) atoms. The molecule has 0 aliphatic carbocycles. The summed E-state index contributed by atoms with van der Waals surface area (Å²) in [5, 5.41) is 0. The fourth-order valence-corrected chi connectivity index (χ4v) is 1.55. The predicted molar refractivity (Wildman–Crippen MR) is 49.0 cm³/mol. The molecular weight excluding hydrogens is 200 g/mol. The van der Waals surface area contributed by atoms with E-state index in [9.17, 15) is 9.59 Å². The van der Waals surface area contributed by atoms with Gasteiger partial charge in [0.25, 0.3) is 0 Å². The maximum absolute atomic E-state index is 11.1. The molecule has 2 saturated heterocycles. The molecule has 2 fully saturated rings. The maximum Gasteiger partial charge on any atom is 0.317 e. The molecule has 84 valence electrons. The van der Waals surface area contributed by atoms with E-state index < -0.39 is 5.97 Å². The third-order valence-corrected chi connectivity index (χ3v) is 2.51. The third kappa shape index (κ3) is 3.28. The Morgan fingerprint density at radius 1 is 1.40 bits per heavy atom. The molecule has 0 spiro atoms. The van der Waals surface area contributed by atoms with Gasteiger partial charge in [-0.2, -0.15) is 0 Å². The number of cyclic esters (lactones) is 2. The summed E-state index contributed by atoms with van der Waals surface area (Å²) >= 11 is 0. The summed E-state index contributed by atoms with van der Waals surface area (Å²) in [6.07, 6.45) is 1.95. The van der Waals surface area contributed by atoms with Crippen LogP contribution in [0.2, 0.25) is 0 Å². The Balaban J connectivity index is 1.53. The molecule has 2 heterocycles. The molecule has 5 heteroatoms. The fraction of sp³-hybridized carbons (Fsp3) is 0.800. The second-order valence-corrected chi connectivity index (χ2v) is 3.87. The minimum absolute atomic E-state index is 0.227. The summed E-state index contributed by atoms with van der Waals surface area (Å²) in [4.78, 5) is 21.8. The Bertz CT molecular complexity index is 259. The van der Waals surface area contributed by atoms with Gasteiger partial charge in [0, 0.05) is 6.61 Å². The largest absolute Gasteiger partial charge is 0.393 e. The third-order valence-electron chi connectivity index (χ3n) is 2.51. The van der Waals surface area contributed by atoms with Crippen LogP contribution in [0.4, 0.5) is 0 Å². The zero-order valence-corrected chi connectivity index (χ0v) is 8.44. The van der Waals surface area contributed by atoms with Gasteiger partial charge in [0.2, 0.25) is 0 Å². The molecule has 5 nitrogen and oxygen atoms in total. The van der Waals surface area contributed by atoms with Gasteiger partial charge in [0.05, 0.1) is 25.6 Å². The first kappa shape index (κ1) is 10.6. The van der Waals surface area contributed by atoms with Gasteiger partial charge in [-0.15, -0.1) is 0 Å². The molecule has 0 aromatic heterocycles. The SMILES string of the molecule is O=C1CC(CCCOCC2CO2)C(=O)O1. The van der Waals surface area contributed by atoms with Gasteiger partial charge >= 0.3 is 11.9 Å². The van der Waals surface area contributed by atoms with Crippen LogP contribution in [0.15, 0.2) is 0 Å². The normalized spacial score (nSPS) is 29.3. The molecule has 0 radical (unpaired) electrons. The Morgan fingerprint density at radius 3 is 2.80 bits per heavy atom. The second-order valence-electron chi connectivity index (χ2n) is 3.87. The summed E-state index contributed by atoms with van der Waals surface area (Å²) in [5.74, 6) is -1.04. The summed E-state index contributed by atoms with van der Waals surface area (Å²) < 4.78 is 14.7. The van der Waals surface area contributed by atoms with Gasteiger partial charge < -0.3 is 14.2 Å². The van der Waals surface area contributed by atoms with E-state index in [-0.39, 0.29) is 24.4 Å². The molecule has 0 aromatic rings. The van der Waals surface area contributed by atoms with Gasteiger partial charge in [0.1, 0.15) is 6.10 Å². The van der Waals surface area contributed by atoms with Crippen LogP contribution in [0.3, 0.4) is 0 Å². The van der Waals surface area contributed by atoms with Crippen LogP contribution < -0.4 is 0 Å². The number of rotatable bonds is 6. The van der Waals surface area contributed by atoms with Gasteiger partial charge in [-0.1, -0.05) is 0 Å². The monoisotopic (exact) mass is 214 g/mol.